The van der Waals surface area contributed by atoms with E-state index in [-0.39, 0.29) is 18.8 Å². The summed E-state index contributed by atoms with van der Waals surface area (Å²) in [5.41, 5.74) is 6.51. The highest BCUT2D eigenvalue weighted by Gasteiger charge is 2.37. The number of aromatic nitrogens is 4. The molecule has 0 aliphatic carbocycles. The maximum atomic E-state index is 12.2. The van der Waals surface area contributed by atoms with Gasteiger partial charge >= 0.3 is 7.75 Å². The lowest BCUT2D eigenvalue weighted by atomic mass is 10.2. The normalized spacial score (nSPS) is 22.7. The van der Waals surface area contributed by atoms with Gasteiger partial charge in [-0.1, -0.05) is 0 Å². The Kier molecular flexibility index (Phi) is 9.36. The van der Waals surface area contributed by atoms with E-state index in [1.807, 2.05) is 0 Å². The molecule has 0 aromatic carbocycles. The first-order valence-corrected chi connectivity index (χ1v) is 15.5. The molecular formula is C16H28N7O10PS2. The van der Waals surface area contributed by atoms with Gasteiger partial charge in [0.2, 0.25) is 10.0 Å². The molecule has 2 aromatic rings. The van der Waals surface area contributed by atoms with Gasteiger partial charge in [-0.05, 0) is 6.92 Å². The topological polar surface area (TPSA) is 247 Å². The third-order valence-corrected chi connectivity index (χ3v) is 8.78. The molecule has 6 N–H and O–H groups in total. The molecule has 1 aliphatic rings. The van der Waals surface area contributed by atoms with Crippen LogP contribution in [0.4, 0.5) is 5.82 Å². The summed E-state index contributed by atoms with van der Waals surface area (Å²) in [4.78, 5) is 22.0. The second-order valence-electron chi connectivity index (χ2n) is 7.62. The summed E-state index contributed by atoms with van der Waals surface area (Å²) in [5, 5.41) is 12.4. The fraction of sp³-hybridized carbons (Fsp3) is 0.688. The van der Waals surface area contributed by atoms with Crippen molar-refractivity contribution < 1.29 is 44.8 Å². The van der Waals surface area contributed by atoms with Crippen LogP contribution in [0.3, 0.4) is 0 Å². The molecule has 0 saturated carbocycles. The number of hydrogen-bond donors (Lipinski definition) is 5. The molecule has 0 bridgehead atoms. The Labute approximate surface area is 207 Å². The SMILES string of the molecule is CCOS(=O)(=O)CCNS(=O)(=O)CCNP(=O)(O)OC[C@H]1O[C@@H](n2cnc3c(N)ncnc32)C[C@@H]1O. The molecule has 2 aromatic heterocycles. The largest absolute Gasteiger partial charge is 0.403 e. The van der Waals surface area contributed by atoms with E-state index in [2.05, 4.69) is 28.9 Å². The highest BCUT2D eigenvalue weighted by Crippen LogP contribution is 2.39. The minimum Gasteiger partial charge on any atom is -0.390 e. The van der Waals surface area contributed by atoms with Crippen molar-refractivity contribution >= 4 is 44.9 Å². The molecule has 36 heavy (non-hydrogen) atoms. The maximum Gasteiger partial charge on any atom is 0.403 e. The number of aliphatic hydroxyl groups is 1. The number of nitrogens with two attached hydrogens (primary N) is 1. The number of sulfonamides is 1. The van der Waals surface area contributed by atoms with Crippen LogP contribution in [0, 0.1) is 0 Å². The third kappa shape index (κ3) is 7.85. The Bertz CT molecular complexity index is 1310. The Morgan fingerprint density at radius 1 is 1.25 bits per heavy atom. The molecule has 20 heteroatoms. The van der Waals surface area contributed by atoms with E-state index in [0.717, 1.165) is 0 Å². The fourth-order valence-electron chi connectivity index (χ4n) is 3.29. The highest BCUT2D eigenvalue weighted by atomic mass is 32.2. The Balaban J connectivity index is 1.45. The van der Waals surface area contributed by atoms with Gasteiger partial charge in [-0.15, -0.1) is 0 Å². The van der Waals surface area contributed by atoms with Gasteiger partial charge in [-0.2, -0.15) is 8.42 Å². The van der Waals surface area contributed by atoms with Gasteiger partial charge in [0.05, 0.1) is 37.2 Å². The van der Waals surface area contributed by atoms with Gasteiger partial charge in [-0.3, -0.25) is 13.3 Å². The van der Waals surface area contributed by atoms with Crippen molar-refractivity contribution in [1.82, 2.24) is 29.3 Å². The van der Waals surface area contributed by atoms with Gasteiger partial charge in [0.1, 0.15) is 24.2 Å². The number of nitrogens with zero attached hydrogens (tertiary/aromatic N) is 4. The number of ether oxygens (including phenoxy) is 1. The van der Waals surface area contributed by atoms with Crippen LogP contribution in [-0.4, -0.2) is 96.4 Å². The van der Waals surface area contributed by atoms with Crippen molar-refractivity contribution in [3.63, 3.8) is 0 Å². The van der Waals surface area contributed by atoms with E-state index in [1.54, 1.807) is 4.57 Å². The molecule has 3 rings (SSSR count). The van der Waals surface area contributed by atoms with Crippen molar-refractivity contribution in [3.05, 3.63) is 12.7 Å². The zero-order valence-corrected chi connectivity index (χ0v) is 21.7. The van der Waals surface area contributed by atoms with Gasteiger partial charge < -0.3 is 20.5 Å². The number of nitrogens with one attached hydrogen (secondary N) is 2. The standard InChI is InChI=1S/C16H28N7O10PS2/c1-2-32-36(29,30)6-4-22-35(27,28)5-3-21-34(25,26)31-8-12-11(24)7-13(33-12)23-10-20-14-15(17)18-9-19-16(14)23/h9-13,22,24H,2-8H2,1H3,(H2,17,18,19)(H2,21,25,26)/t11-,12+,13+/m0/s1. The number of imidazole rings is 1. The summed E-state index contributed by atoms with van der Waals surface area (Å²) >= 11 is 0. The van der Waals surface area contributed by atoms with Crippen molar-refractivity contribution in [2.45, 2.75) is 31.8 Å². The predicted octanol–water partition coefficient (Wildman–Crippen LogP) is -1.95. The van der Waals surface area contributed by atoms with Crippen molar-refractivity contribution in [1.29, 1.82) is 0 Å². The summed E-state index contributed by atoms with van der Waals surface area (Å²) < 4.78 is 77.8. The van der Waals surface area contributed by atoms with E-state index >= 15 is 0 Å². The average molecular weight is 574 g/mol. The summed E-state index contributed by atoms with van der Waals surface area (Å²) in [6.45, 7) is 0.0520. The van der Waals surface area contributed by atoms with E-state index < -0.39 is 77.5 Å². The Morgan fingerprint density at radius 3 is 2.72 bits per heavy atom. The Morgan fingerprint density at radius 2 is 2.00 bits per heavy atom. The fourth-order valence-corrected chi connectivity index (χ4v) is 6.16. The number of rotatable bonds is 14. The van der Waals surface area contributed by atoms with Crippen LogP contribution < -0.4 is 15.5 Å². The van der Waals surface area contributed by atoms with Crippen molar-refractivity contribution in [2.75, 3.05) is 43.5 Å². The van der Waals surface area contributed by atoms with Crippen LogP contribution in [-0.2, 0) is 38.2 Å². The molecule has 1 fully saturated rings. The lowest BCUT2D eigenvalue weighted by Gasteiger charge is -2.18. The van der Waals surface area contributed by atoms with E-state index in [0.29, 0.717) is 11.2 Å². The highest BCUT2D eigenvalue weighted by molar-refractivity contribution is 7.89. The monoisotopic (exact) mass is 573 g/mol. The quantitative estimate of drug-likeness (QED) is 0.122. The van der Waals surface area contributed by atoms with E-state index in [4.69, 9.17) is 15.0 Å². The van der Waals surface area contributed by atoms with Gasteiger partial charge in [-0.25, -0.2) is 37.7 Å². The molecule has 3 heterocycles. The van der Waals surface area contributed by atoms with Gasteiger partial charge in [0.25, 0.3) is 10.1 Å². The average Bonchev–Trinajstić information content (AvgIpc) is 3.35. The second-order valence-corrected chi connectivity index (χ2v) is 12.9. The predicted molar refractivity (Wildman–Crippen MR) is 125 cm³/mol. The summed E-state index contributed by atoms with van der Waals surface area (Å²) in [5.74, 6) is -1.01. The van der Waals surface area contributed by atoms with Crippen LogP contribution in [0.15, 0.2) is 12.7 Å². The minimum atomic E-state index is -4.45. The van der Waals surface area contributed by atoms with E-state index in [9.17, 15) is 31.4 Å². The van der Waals surface area contributed by atoms with Gasteiger partial charge in [0, 0.05) is 19.5 Å². The molecule has 0 radical (unpaired) electrons. The van der Waals surface area contributed by atoms with Crippen LogP contribution >= 0.6 is 7.75 Å². The maximum absolute atomic E-state index is 12.2. The summed E-state index contributed by atoms with van der Waals surface area (Å²) in [6.07, 6.45) is 0.108. The zero-order valence-electron chi connectivity index (χ0n) is 19.1. The van der Waals surface area contributed by atoms with Crippen LogP contribution in [0.25, 0.3) is 11.2 Å². The summed E-state index contributed by atoms with van der Waals surface area (Å²) in [7, 11) is -12.2. The minimum absolute atomic E-state index is 0.0705. The molecule has 1 aliphatic heterocycles. The number of fused-ring (bicyclic) bond motifs is 1. The molecule has 204 valence electrons. The van der Waals surface area contributed by atoms with Crippen molar-refractivity contribution in [2.24, 2.45) is 0 Å². The lowest BCUT2D eigenvalue weighted by molar-refractivity contribution is -0.0400. The smallest absolute Gasteiger partial charge is 0.390 e. The van der Waals surface area contributed by atoms with Crippen LogP contribution in [0.2, 0.25) is 0 Å². The zero-order chi connectivity index (χ0) is 26.6. The van der Waals surface area contributed by atoms with Crippen molar-refractivity contribution in [3.8, 4) is 0 Å². The first-order valence-electron chi connectivity index (χ1n) is 10.7. The number of anilines is 1. The Hall–Kier alpha value is -1.80. The second kappa shape index (κ2) is 11.7. The molecule has 17 nitrogen and oxygen atoms in total. The molecule has 1 saturated heterocycles. The number of aliphatic hydroxyl groups excluding tert-OH is 1. The molecule has 4 atom stereocenters. The molecule has 0 amide bonds. The molecular weight excluding hydrogens is 545 g/mol. The summed E-state index contributed by atoms with van der Waals surface area (Å²) in [6, 6.07) is 0. The lowest BCUT2D eigenvalue weighted by Crippen LogP contribution is -2.35. The third-order valence-electron chi connectivity index (χ3n) is 4.97. The van der Waals surface area contributed by atoms with E-state index in [1.165, 1.54) is 19.6 Å². The van der Waals surface area contributed by atoms with Crippen LogP contribution in [0.5, 0.6) is 0 Å². The van der Waals surface area contributed by atoms with Crippen LogP contribution in [0.1, 0.15) is 19.6 Å². The first-order chi connectivity index (χ1) is 16.8. The first kappa shape index (κ1) is 28.8. The number of hydrogen-bond acceptors (Lipinski definition) is 13. The van der Waals surface area contributed by atoms with Gasteiger partial charge in [0.15, 0.2) is 11.5 Å². The molecule has 1 unspecified atom stereocenters. The molecule has 0 spiro atoms. The number of nitrogen functional groups attached to an aromatic ring is 1.